The first-order valence-electron chi connectivity index (χ1n) is 5.65. The molecule has 2 rings (SSSR count). The molecular weight excluding hydrogens is 228 g/mol. The van der Waals surface area contributed by atoms with Crippen LogP contribution in [0.1, 0.15) is 29.9 Å². The average Bonchev–Trinajstić information content (AvgIpc) is 2.82. The lowest BCUT2D eigenvalue weighted by Crippen LogP contribution is -2.19. The van der Waals surface area contributed by atoms with Gasteiger partial charge in [0.05, 0.1) is 25.2 Å². The minimum absolute atomic E-state index is 0.168. The fraction of sp³-hybridized carbons (Fsp3) is 0.333. The largest absolute Gasteiger partial charge is 0.303 e. The van der Waals surface area contributed by atoms with Crippen molar-refractivity contribution in [2.24, 2.45) is 7.05 Å². The smallest absolute Gasteiger partial charge is 0.188 e. The summed E-state index contributed by atoms with van der Waals surface area (Å²) in [4.78, 5) is 1.43. The number of nitrogens with zero attached hydrogens (tertiary/aromatic N) is 5. The van der Waals surface area contributed by atoms with Crippen LogP contribution >= 0.6 is 0 Å². The molecule has 0 bridgehead atoms. The van der Waals surface area contributed by atoms with Crippen molar-refractivity contribution in [1.82, 2.24) is 25.5 Å². The minimum atomic E-state index is 0.168. The Morgan fingerprint density at radius 1 is 1.39 bits per heavy atom. The Bertz CT molecular complexity index is 551. The summed E-state index contributed by atoms with van der Waals surface area (Å²) >= 11 is 0. The van der Waals surface area contributed by atoms with E-state index in [9.17, 15) is 0 Å². The zero-order valence-electron chi connectivity index (χ0n) is 10.3. The van der Waals surface area contributed by atoms with E-state index in [0.29, 0.717) is 17.9 Å². The molecule has 1 atom stereocenters. The first-order chi connectivity index (χ1) is 8.69. The normalized spacial score (nSPS) is 12.1. The van der Waals surface area contributed by atoms with Gasteiger partial charge in [-0.15, -0.1) is 10.2 Å². The highest BCUT2D eigenvalue weighted by atomic mass is 15.6. The van der Waals surface area contributed by atoms with Gasteiger partial charge < -0.3 is 5.32 Å². The van der Waals surface area contributed by atoms with Gasteiger partial charge in [0.25, 0.3) is 0 Å². The van der Waals surface area contributed by atoms with Gasteiger partial charge in [-0.2, -0.15) is 10.1 Å². The third-order valence-corrected chi connectivity index (χ3v) is 2.66. The minimum Gasteiger partial charge on any atom is -0.303 e. The van der Waals surface area contributed by atoms with Crippen LogP contribution in [0.4, 0.5) is 0 Å². The van der Waals surface area contributed by atoms with Gasteiger partial charge in [-0.1, -0.05) is 12.1 Å². The van der Waals surface area contributed by atoms with Gasteiger partial charge in [-0.05, 0) is 29.8 Å². The molecule has 1 unspecified atom stereocenters. The van der Waals surface area contributed by atoms with Crippen molar-refractivity contribution in [1.29, 1.82) is 5.26 Å². The van der Waals surface area contributed by atoms with Crippen LogP contribution in [-0.4, -0.2) is 20.2 Å². The van der Waals surface area contributed by atoms with E-state index in [1.807, 2.05) is 24.3 Å². The second kappa shape index (κ2) is 5.38. The molecule has 0 aliphatic heterocycles. The molecule has 6 nitrogen and oxygen atoms in total. The average molecular weight is 242 g/mol. The van der Waals surface area contributed by atoms with E-state index in [0.717, 1.165) is 5.56 Å². The lowest BCUT2D eigenvalue weighted by atomic mass is 10.1. The summed E-state index contributed by atoms with van der Waals surface area (Å²) in [5.74, 6) is 0.665. The number of aromatic nitrogens is 4. The highest BCUT2D eigenvalue weighted by Gasteiger charge is 2.07. The van der Waals surface area contributed by atoms with Crippen LogP contribution in [0.2, 0.25) is 0 Å². The predicted octanol–water partition coefficient (Wildman–Crippen LogP) is 0.933. The molecular formula is C12H14N6. The molecule has 2 aromatic rings. The number of rotatable bonds is 4. The van der Waals surface area contributed by atoms with E-state index in [4.69, 9.17) is 5.26 Å². The van der Waals surface area contributed by atoms with Crippen LogP contribution in [0.15, 0.2) is 24.3 Å². The monoisotopic (exact) mass is 242 g/mol. The molecule has 0 aliphatic carbocycles. The lowest BCUT2D eigenvalue weighted by molar-refractivity contribution is 0.555. The summed E-state index contributed by atoms with van der Waals surface area (Å²) in [6, 6.07) is 9.79. The highest BCUT2D eigenvalue weighted by Crippen LogP contribution is 2.13. The topological polar surface area (TPSA) is 79.4 Å². The second-order valence-corrected chi connectivity index (χ2v) is 4.03. The maximum atomic E-state index is 8.73. The summed E-state index contributed by atoms with van der Waals surface area (Å²) in [7, 11) is 1.74. The van der Waals surface area contributed by atoms with E-state index in [2.05, 4.69) is 33.7 Å². The van der Waals surface area contributed by atoms with E-state index in [1.165, 1.54) is 4.80 Å². The number of hydrogen-bond acceptors (Lipinski definition) is 5. The first kappa shape index (κ1) is 12.2. The molecule has 0 saturated heterocycles. The van der Waals surface area contributed by atoms with E-state index < -0.39 is 0 Å². The van der Waals surface area contributed by atoms with E-state index in [-0.39, 0.29) is 6.04 Å². The summed E-state index contributed by atoms with van der Waals surface area (Å²) in [6.45, 7) is 2.62. The molecule has 92 valence electrons. The molecule has 0 spiro atoms. The number of benzene rings is 1. The third kappa shape index (κ3) is 2.90. The van der Waals surface area contributed by atoms with Crippen LogP contribution in [-0.2, 0) is 13.6 Å². The van der Waals surface area contributed by atoms with Gasteiger partial charge in [-0.3, -0.25) is 0 Å². The number of tetrazole rings is 1. The van der Waals surface area contributed by atoms with Crippen LogP contribution in [0.3, 0.4) is 0 Å². The summed E-state index contributed by atoms with van der Waals surface area (Å²) in [5, 5.41) is 23.8. The molecule has 1 aromatic carbocycles. The van der Waals surface area contributed by atoms with Crippen molar-refractivity contribution in [3.05, 3.63) is 41.2 Å². The molecule has 0 aliphatic rings. The van der Waals surface area contributed by atoms with Crippen molar-refractivity contribution in [3.63, 3.8) is 0 Å². The molecule has 1 aromatic heterocycles. The van der Waals surface area contributed by atoms with Crippen molar-refractivity contribution in [2.45, 2.75) is 19.5 Å². The standard InChI is InChI=1S/C12H14N6/c1-9(11-5-3-10(7-13)4-6-11)14-8-12-15-17-18(2)16-12/h3-6,9,14H,8H2,1-2H3. The molecule has 18 heavy (non-hydrogen) atoms. The van der Waals surface area contributed by atoms with Gasteiger partial charge >= 0.3 is 0 Å². The summed E-state index contributed by atoms with van der Waals surface area (Å²) < 4.78 is 0. The Hall–Kier alpha value is -2.26. The van der Waals surface area contributed by atoms with Gasteiger partial charge in [0, 0.05) is 6.04 Å². The van der Waals surface area contributed by atoms with Gasteiger partial charge in [0.2, 0.25) is 0 Å². The van der Waals surface area contributed by atoms with Crippen molar-refractivity contribution >= 4 is 0 Å². The molecule has 1 heterocycles. The maximum Gasteiger partial charge on any atom is 0.188 e. The Balaban J connectivity index is 1.95. The number of aryl methyl sites for hydroxylation is 1. The van der Waals surface area contributed by atoms with Crippen LogP contribution in [0.5, 0.6) is 0 Å². The second-order valence-electron chi connectivity index (χ2n) is 4.03. The Kier molecular flexibility index (Phi) is 3.65. The Morgan fingerprint density at radius 3 is 2.67 bits per heavy atom. The van der Waals surface area contributed by atoms with Crippen molar-refractivity contribution < 1.29 is 0 Å². The van der Waals surface area contributed by atoms with E-state index >= 15 is 0 Å². The van der Waals surface area contributed by atoms with Gasteiger partial charge in [-0.25, -0.2) is 0 Å². The number of nitriles is 1. The summed E-state index contributed by atoms with van der Waals surface area (Å²) in [5.41, 5.74) is 1.79. The van der Waals surface area contributed by atoms with Crippen LogP contribution < -0.4 is 5.32 Å². The molecule has 0 fully saturated rings. The van der Waals surface area contributed by atoms with Gasteiger partial charge in [0.1, 0.15) is 0 Å². The quantitative estimate of drug-likeness (QED) is 0.862. The van der Waals surface area contributed by atoms with Crippen molar-refractivity contribution in [2.75, 3.05) is 0 Å². The fourth-order valence-corrected chi connectivity index (χ4v) is 1.60. The molecule has 0 amide bonds. The fourth-order valence-electron chi connectivity index (χ4n) is 1.60. The summed E-state index contributed by atoms with van der Waals surface area (Å²) in [6.07, 6.45) is 0. The Labute approximate surface area is 105 Å². The molecule has 6 heteroatoms. The molecule has 0 saturated carbocycles. The molecule has 0 radical (unpaired) electrons. The maximum absolute atomic E-state index is 8.73. The SMILES string of the molecule is CC(NCc1nnn(C)n1)c1ccc(C#N)cc1. The zero-order valence-corrected chi connectivity index (χ0v) is 10.3. The predicted molar refractivity (Wildman–Crippen MR) is 65.2 cm³/mol. The van der Waals surface area contributed by atoms with Gasteiger partial charge in [0.15, 0.2) is 5.82 Å². The first-order valence-corrected chi connectivity index (χ1v) is 5.65. The number of nitrogens with one attached hydrogen (secondary N) is 1. The third-order valence-electron chi connectivity index (χ3n) is 2.66. The molecule has 1 N–H and O–H groups in total. The van der Waals surface area contributed by atoms with Crippen LogP contribution in [0, 0.1) is 11.3 Å². The lowest BCUT2D eigenvalue weighted by Gasteiger charge is -2.12. The van der Waals surface area contributed by atoms with E-state index in [1.54, 1.807) is 7.05 Å². The highest BCUT2D eigenvalue weighted by molar-refractivity contribution is 5.32. The number of hydrogen-bond donors (Lipinski definition) is 1. The van der Waals surface area contributed by atoms with Crippen molar-refractivity contribution in [3.8, 4) is 6.07 Å². The zero-order chi connectivity index (χ0) is 13.0. The Morgan fingerprint density at radius 2 is 2.11 bits per heavy atom. The van der Waals surface area contributed by atoms with Crippen LogP contribution in [0.25, 0.3) is 0 Å².